The second-order valence-electron chi connectivity index (χ2n) is 7.97. The molecule has 5 heteroatoms. The first-order valence-corrected chi connectivity index (χ1v) is 10.7. The van der Waals surface area contributed by atoms with Crippen LogP contribution in [0, 0.1) is 6.92 Å². The van der Waals surface area contributed by atoms with Gasteiger partial charge in [0.05, 0.1) is 11.7 Å². The normalized spacial score (nSPS) is 17.0. The molecular formula is C26H28N4O. The van der Waals surface area contributed by atoms with Crippen LogP contribution in [0.5, 0.6) is 0 Å². The molecule has 2 aromatic heterocycles. The largest absolute Gasteiger partial charge is 0.336 e. The predicted molar refractivity (Wildman–Crippen MR) is 123 cm³/mol. The minimum Gasteiger partial charge on any atom is -0.336 e. The zero-order valence-electron chi connectivity index (χ0n) is 17.9. The molecule has 5 nitrogen and oxygen atoms in total. The van der Waals surface area contributed by atoms with Crippen molar-refractivity contribution in [3.8, 4) is 11.1 Å². The molecule has 0 bridgehead atoms. The Balaban J connectivity index is 1.54. The molecule has 158 valence electrons. The third-order valence-corrected chi connectivity index (χ3v) is 5.73. The van der Waals surface area contributed by atoms with Crippen LogP contribution in [0.15, 0.2) is 79.6 Å². The molecule has 1 saturated heterocycles. The molecule has 1 aromatic carbocycles. The Morgan fingerprint density at radius 1 is 1.06 bits per heavy atom. The summed E-state index contributed by atoms with van der Waals surface area (Å²) in [6, 6.07) is 18.3. The lowest BCUT2D eigenvalue weighted by molar-refractivity contribution is -0.141. The number of benzene rings is 1. The number of aromatic nitrogens is 2. The van der Waals surface area contributed by atoms with Crippen molar-refractivity contribution in [2.45, 2.75) is 25.9 Å². The molecule has 3 aromatic rings. The molecule has 1 aliphatic rings. The number of nitrogens with zero attached hydrogens (tertiary/aromatic N) is 4. The summed E-state index contributed by atoms with van der Waals surface area (Å²) in [5, 5.41) is 0. The van der Waals surface area contributed by atoms with Crippen molar-refractivity contribution < 1.29 is 4.79 Å². The minimum atomic E-state index is -0.208. The number of aryl methyl sites for hydroxylation is 1. The topological polar surface area (TPSA) is 49.3 Å². The number of piperazine rings is 1. The van der Waals surface area contributed by atoms with Gasteiger partial charge in [-0.25, -0.2) is 0 Å². The second kappa shape index (κ2) is 9.67. The van der Waals surface area contributed by atoms with Crippen molar-refractivity contribution in [1.82, 2.24) is 19.8 Å². The predicted octanol–water partition coefficient (Wildman–Crippen LogP) is 3.89. The van der Waals surface area contributed by atoms with Crippen LogP contribution in [-0.4, -0.2) is 51.4 Å². The molecule has 31 heavy (non-hydrogen) atoms. The highest BCUT2D eigenvalue weighted by Crippen LogP contribution is 2.22. The monoisotopic (exact) mass is 412 g/mol. The van der Waals surface area contributed by atoms with Crippen molar-refractivity contribution >= 4 is 5.91 Å². The van der Waals surface area contributed by atoms with Gasteiger partial charge >= 0.3 is 0 Å². The van der Waals surface area contributed by atoms with Crippen LogP contribution in [0.1, 0.15) is 17.0 Å². The highest BCUT2D eigenvalue weighted by molar-refractivity contribution is 5.83. The Bertz CT molecular complexity index is 1030. The molecular weight excluding hydrogens is 384 g/mol. The molecule has 1 fully saturated rings. The SMILES string of the molecule is C=CCN1CCN(Cc2cccc(C)n2)[C@@H](Cc2ccc(-c3cccnc3)cc2)C1=O. The number of hydrogen-bond acceptors (Lipinski definition) is 4. The summed E-state index contributed by atoms with van der Waals surface area (Å²) in [6.07, 6.45) is 6.11. The lowest BCUT2D eigenvalue weighted by atomic mass is 9.98. The molecule has 0 saturated carbocycles. The highest BCUT2D eigenvalue weighted by Gasteiger charge is 2.34. The van der Waals surface area contributed by atoms with Crippen LogP contribution in [-0.2, 0) is 17.8 Å². The average Bonchev–Trinajstić information content (AvgIpc) is 2.79. The number of pyridine rings is 2. The fourth-order valence-corrected chi connectivity index (χ4v) is 4.11. The Kier molecular flexibility index (Phi) is 6.53. The van der Waals surface area contributed by atoms with Crippen LogP contribution in [0.2, 0.25) is 0 Å². The van der Waals surface area contributed by atoms with E-state index in [4.69, 9.17) is 0 Å². The van der Waals surface area contributed by atoms with Crippen LogP contribution < -0.4 is 0 Å². The molecule has 1 atom stereocenters. The molecule has 1 amide bonds. The van der Waals surface area contributed by atoms with Gasteiger partial charge in [0.2, 0.25) is 5.91 Å². The summed E-state index contributed by atoms with van der Waals surface area (Å²) in [7, 11) is 0. The van der Waals surface area contributed by atoms with E-state index in [1.807, 2.05) is 42.3 Å². The van der Waals surface area contributed by atoms with Gasteiger partial charge in [0, 0.05) is 44.3 Å². The number of carbonyl (C=O) groups excluding carboxylic acids is 1. The number of amides is 1. The zero-order chi connectivity index (χ0) is 21.6. The standard InChI is InChI=1S/C26H28N4O/c1-3-14-29-15-16-30(19-24-8-4-6-20(2)28-24)25(26(29)31)17-21-9-11-22(12-10-21)23-7-5-13-27-18-23/h3-13,18,25H,1,14-17,19H2,2H3/t25-/m0/s1. The van der Waals surface area contributed by atoms with Gasteiger partial charge in [0.15, 0.2) is 0 Å². The third-order valence-electron chi connectivity index (χ3n) is 5.73. The third kappa shape index (κ3) is 5.06. The van der Waals surface area contributed by atoms with Gasteiger partial charge in [-0.1, -0.05) is 42.5 Å². The first-order chi connectivity index (χ1) is 15.1. The molecule has 4 rings (SSSR count). The fraction of sp³-hybridized carbons (Fsp3) is 0.269. The zero-order valence-corrected chi connectivity index (χ0v) is 17.9. The second-order valence-corrected chi connectivity index (χ2v) is 7.97. The summed E-state index contributed by atoms with van der Waals surface area (Å²) >= 11 is 0. The summed E-state index contributed by atoms with van der Waals surface area (Å²) in [4.78, 5) is 26.3. The molecule has 1 aliphatic heterocycles. The van der Waals surface area contributed by atoms with Crippen LogP contribution in [0.25, 0.3) is 11.1 Å². The van der Waals surface area contributed by atoms with E-state index in [2.05, 4.69) is 51.8 Å². The number of hydrogen-bond donors (Lipinski definition) is 0. The molecule has 0 radical (unpaired) electrons. The van der Waals surface area contributed by atoms with E-state index in [0.717, 1.165) is 34.6 Å². The first kappa shape index (κ1) is 20.9. The van der Waals surface area contributed by atoms with Crippen molar-refractivity contribution in [3.63, 3.8) is 0 Å². The summed E-state index contributed by atoms with van der Waals surface area (Å²) in [5.41, 5.74) is 5.36. The van der Waals surface area contributed by atoms with Crippen molar-refractivity contribution in [2.24, 2.45) is 0 Å². The highest BCUT2D eigenvalue weighted by atomic mass is 16.2. The van der Waals surface area contributed by atoms with E-state index in [1.54, 1.807) is 12.3 Å². The van der Waals surface area contributed by atoms with Crippen molar-refractivity contribution in [1.29, 1.82) is 0 Å². The molecule has 0 unspecified atom stereocenters. The van der Waals surface area contributed by atoms with Gasteiger partial charge < -0.3 is 4.90 Å². The Morgan fingerprint density at radius 2 is 1.90 bits per heavy atom. The maximum atomic E-state index is 13.3. The van der Waals surface area contributed by atoms with Crippen molar-refractivity contribution in [3.05, 3.63) is 96.6 Å². The molecule has 0 spiro atoms. The van der Waals surface area contributed by atoms with E-state index in [9.17, 15) is 4.79 Å². The summed E-state index contributed by atoms with van der Waals surface area (Å²) in [5.74, 6) is 0.162. The van der Waals surface area contributed by atoms with E-state index in [1.165, 1.54) is 0 Å². The van der Waals surface area contributed by atoms with Crippen LogP contribution in [0.4, 0.5) is 0 Å². The van der Waals surface area contributed by atoms with Gasteiger partial charge in [0.25, 0.3) is 0 Å². The van der Waals surface area contributed by atoms with Crippen LogP contribution in [0.3, 0.4) is 0 Å². The lowest BCUT2D eigenvalue weighted by Gasteiger charge is -2.40. The fourth-order valence-electron chi connectivity index (χ4n) is 4.11. The number of carbonyl (C=O) groups is 1. The Morgan fingerprint density at radius 3 is 2.61 bits per heavy atom. The molecule has 0 N–H and O–H groups in total. The van der Waals surface area contributed by atoms with E-state index >= 15 is 0 Å². The van der Waals surface area contributed by atoms with E-state index in [-0.39, 0.29) is 11.9 Å². The van der Waals surface area contributed by atoms with Gasteiger partial charge in [-0.15, -0.1) is 6.58 Å². The van der Waals surface area contributed by atoms with Gasteiger partial charge in [0.1, 0.15) is 0 Å². The van der Waals surface area contributed by atoms with E-state index in [0.29, 0.717) is 26.1 Å². The molecule has 0 aliphatic carbocycles. The minimum absolute atomic E-state index is 0.162. The average molecular weight is 413 g/mol. The van der Waals surface area contributed by atoms with Gasteiger partial charge in [-0.3, -0.25) is 19.7 Å². The van der Waals surface area contributed by atoms with Gasteiger partial charge in [-0.05, 0) is 48.2 Å². The van der Waals surface area contributed by atoms with Gasteiger partial charge in [-0.2, -0.15) is 0 Å². The Hall–Kier alpha value is -3.31. The van der Waals surface area contributed by atoms with Crippen molar-refractivity contribution in [2.75, 3.05) is 19.6 Å². The first-order valence-electron chi connectivity index (χ1n) is 10.7. The summed E-state index contributed by atoms with van der Waals surface area (Å²) in [6.45, 7) is 8.61. The smallest absolute Gasteiger partial charge is 0.240 e. The summed E-state index contributed by atoms with van der Waals surface area (Å²) < 4.78 is 0. The Labute approximate surface area is 184 Å². The molecule has 3 heterocycles. The maximum Gasteiger partial charge on any atom is 0.240 e. The number of rotatable bonds is 7. The lowest BCUT2D eigenvalue weighted by Crippen LogP contribution is -2.57. The maximum absolute atomic E-state index is 13.3. The van der Waals surface area contributed by atoms with Crippen LogP contribution >= 0.6 is 0 Å². The quantitative estimate of drug-likeness (QED) is 0.553. The van der Waals surface area contributed by atoms with E-state index < -0.39 is 0 Å².